The van der Waals surface area contributed by atoms with E-state index in [0.29, 0.717) is 6.61 Å². The molecule has 1 aromatic rings. The number of ether oxygens (including phenoxy) is 1. The molecule has 0 aromatic heterocycles. The minimum absolute atomic E-state index is 0.0662. The summed E-state index contributed by atoms with van der Waals surface area (Å²) in [5, 5.41) is 0. The number of aryl methyl sites for hydroxylation is 1. The molecule has 2 rings (SSSR count). The zero-order valence-electron chi connectivity index (χ0n) is 9.74. The summed E-state index contributed by atoms with van der Waals surface area (Å²) in [6.45, 7) is 2.79. The predicted octanol–water partition coefficient (Wildman–Crippen LogP) is 2.71. The van der Waals surface area contributed by atoms with Crippen molar-refractivity contribution in [2.45, 2.75) is 32.1 Å². The number of carbonyl (C=O) groups is 1. The van der Waals surface area contributed by atoms with Crippen LogP contribution >= 0.6 is 0 Å². The summed E-state index contributed by atoms with van der Waals surface area (Å²) in [6, 6.07) is 8.29. The standard InChI is InChI=1S/C14H18O2/c1-2-16-10-14(15)13-9-5-7-11-6-3-4-8-12(11)13/h3-4,6,8,13H,2,5,7,9-10H2,1H3. The van der Waals surface area contributed by atoms with E-state index in [0.717, 1.165) is 19.3 Å². The molecule has 1 aromatic carbocycles. The number of Topliss-reactive ketones (excluding diaryl/α,β-unsaturated/α-hetero) is 1. The van der Waals surface area contributed by atoms with E-state index < -0.39 is 0 Å². The Balaban J connectivity index is 2.15. The highest BCUT2D eigenvalue weighted by Gasteiger charge is 2.25. The average molecular weight is 218 g/mol. The Morgan fingerprint density at radius 3 is 3.06 bits per heavy atom. The van der Waals surface area contributed by atoms with Crippen LogP contribution in [0.3, 0.4) is 0 Å². The first kappa shape index (κ1) is 11.3. The molecule has 0 saturated heterocycles. The van der Waals surface area contributed by atoms with E-state index in [2.05, 4.69) is 12.1 Å². The van der Waals surface area contributed by atoms with Gasteiger partial charge in [-0.25, -0.2) is 0 Å². The van der Waals surface area contributed by atoms with Gasteiger partial charge in [0.25, 0.3) is 0 Å². The SMILES string of the molecule is CCOCC(=O)C1CCCc2ccccc21. The maximum Gasteiger partial charge on any atom is 0.165 e. The van der Waals surface area contributed by atoms with Crippen molar-refractivity contribution in [2.24, 2.45) is 0 Å². The smallest absolute Gasteiger partial charge is 0.165 e. The number of rotatable bonds is 4. The lowest BCUT2D eigenvalue weighted by molar-refractivity contribution is -0.125. The molecule has 0 bridgehead atoms. The molecule has 16 heavy (non-hydrogen) atoms. The van der Waals surface area contributed by atoms with Gasteiger partial charge < -0.3 is 4.74 Å². The van der Waals surface area contributed by atoms with E-state index in [9.17, 15) is 4.79 Å². The molecule has 0 fully saturated rings. The molecule has 0 heterocycles. The summed E-state index contributed by atoms with van der Waals surface area (Å²) in [5.41, 5.74) is 2.56. The topological polar surface area (TPSA) is 26.3 Å². The maximum atomic E-state index is 12.0. The van der Waals surface area contributed by atoms with E-state index >= 15 is 0 Å². The lowest BCUT2D eigenvalue weighted by Crippen LogP contribution is -2.22. The summed E-state index contributed by atoms with van der Waals surface area (Å²) < 4.78 is 5.21. The van der Waals surface area contributed by atoms with Crippen LogP contribution in [0, 0.1) is 0 Å². The van der Waals surface area contributed by atoms with Gasteiger partial charge in [-0.15, -0.1) is 0 Å². The third-order valence-corrected chi connectivity index (χ3v) is 3.21. The first-order valence-corrected chi connectivity index (χ1v) is 6.01. The van der Waals surface area contributed by atoms with Crippen LogP contribution in [0.2, 0.25) is 0 Å². The largest absolute Gasteiger partial charge is 0.374 e. The van der Waals surface area contributed by atoms with Crippen LogP contribution in [0.4, 0.5) is 0 Å². The summed E-state index contributed by atoms with van der Waals surface area (Å²) in [7, 11) is 0. The van der Waals surface area contributed by atoms with Crippen LogP contribution in [0.15, 0.2) is 24.3 Å². The second kappa shape index (κ2) is 5.26. The zero-order chi connectivity index (χ0) is 11.4. The number of fused-ring (bicyclic) bond motifs is 1. The van der Waals surface area contributed by atoms with Crippen molar-refractivity contribution in [1.29, 1.82) is 0 Å². The normalized spacial score (nSPS) is 19.2. The van der Waals surface area contributed by atoms with Gasteiger partial charge in [-0.05, 0) is 37.3 Å². The lowest BCUT2D eigenvalue weighted by Gasteiger charge is -2.24. The van der Waals surface area contributed by atoms with E-state index in [1.165, 1.54) is 11.1 Å². The fraction of sp³-hybridized carbons (Fsp3) is 0.500. The van der Waals surface area contributed by atoms with Crippen molar-refractivity contribution in [3.05, 3.63) is 35.4 Å². The first-order valence-electron chi connectivity index (χ1n) is 6.01. The van der Waals surface area contributed by atoms with Crippen LogP contribution in [0.25, 0.3) is 0 Å². The summed E-state index contributed by atoms with van der Waals surface area (Å²) in [4.78, 5) is 12.0. The van der Waals surface area contributed by atoms with Crippen LogP contribution in [0.1, 0.15) is 36.8 Å². The minimum Gasteiger partial charge on any atom is -0.374 e. The van der Waals surface area contributed by atoms with E-state index in [4.69, 9.17) is 4.74 Å². The van der Waals surface area contributed by atoms with Crippen molar-refractivity contribution >= 4 is 5.78 Å². The third kappa shape index (κ3) is 2.33. The predicted molar refractivity (Wildman–Crippen MR) is 63.6 cm³/mol. The molecule has 1 atom stereocenters. The number of ketones is 1. The Hall–Kier alpha value is -1.15. The molecule has 0 radical (unpaired) electrons. The second-order valence-corrected chi connectivity index (χ2v) is 4.25. The van der Waals surface area contributed by atoms with Gasteiger partial charge in [0.15, 0.2) is 5.78 Å². The molecule has 1 aliphatic rings. The first-order chi connectivity index (χ1) is 7.83. The Labute approximate surface area is 96.6 Å². The van der Waals surface area contributed by atoms with E-state index in [-0.39, 0.29) is 18.3 Å². The number of hydrogen-bond donors (Lipinski definition) is 0. The molecule has 0 saturated carbocycles. The van der Waals surface area contributed by atoms with Gasteiger partial charge in [0, 0.05) is 12.5 Å². The Kier molecular flexibility index (Phi) is 3.73. The Morgan fingerprint density at radius 1 is 1.44 bits per heavy atom. The number of hydrogen-bond acceptors (Lipinski definition) is 2. The Bertz CT molecular complexity index is 371. The highest BCUT2D eigenvalue weighted by atomic mass is 16.5. The molecule has 0 N–H and O–H groups in total. The third-order valence-electron chi connectivity index (χ3n) is 3.21. The fourth-order valence-electron chi connectivity index (χ4n) is 2.39. The number of carbonyl (C=O) groups excluding carboxylic acids is 1. The van der Waals surface area contributed by atoms with Crippen molar-refractivity contribution in [3.8, 4) is 0 Å². The number of benzene rings is 1. The average Bonchev–Trinajstić information content (AvgIpc) is 2.35. The van der Waals surface area contributed by atoms with Crippen molar-refractivity contribution in [3.63, 3.8) is 0 Å². The van der Waals surface area contributed by atoms with Crippen LogP contribution in [0.5, 0.6) is 0 Å². The minimum atomic E-state index is 0.0662. The maximum absolute atomic E-state index is 12.0. The van der Waals surface area contributed by atoms with Gasteiger partial charge in [0.2, 0.25) is 0 Å². The quantitative estimate of drug-likeness (QED) is 0.776. The monoisotopic (exact) mass is 218 g/mol. The summed E-state index contributed by atoms with van der Waals surface area (Å²) in [6.07, 6.45) is 3.19. The van der Waals surface area contributed by atoms with Gasteiger partial charge in [0.1, 0.15) is 6.61 Å². The second-order valence-electron chi connectivity index (χ2n) is 4.25. The molecule has 2 nitrogen and oxygen atoms in total. The van der Waals surface area contributed by atoms with Crippen molar-refractivity contribution in [2.75, 3.05) is 13.2 Å². The van der Waals surface area contributed by atoms with Gasteiger partial charge in [-0.2, -0.15) is 0 Å². The van der Waals surface area contributed by atoms with Crippen LogP contribution in [-0.4, -0.2) is 19.0 Å². The summed E-state index contributed by atoms with van der Waals surface area (Å²) >= 11 is 0. The summed E-state index contributed by atoms with van der Waals surface area (Å²) in [5.74, 6) is 0.297. The van der Waals surface area contributed by atoms with Gasteiger partial charge in [-0.1, -0.05) is 24.3 Å². The molecule has 2 heteroatoms. The van der Waals surface area contributed by atoms with Gasteiger partial charge in [-0.3, -0.25) is 4.79 Å². The molecule has 0 amide bonds. The lowest BCUT2D eigenvalue weighted by atomic mass is 9.81. The molecule has 1 unspecified atom stereocenters. The van der Waals surface area contributed by atoms with E-state index in [1.807, 2.05) is 19.1 Å². The fourth-order valence-corrected chi connectivity index (χ4v) is 2.39. The van der Waals surface area contributed by atoms with Gasteiger partial charge in [0.05, 0.1) is 0 Å². The molecular formula is C14H18O2. The van der Waals surface area contributed by atoms with Crippen LogP contribution in [-0.2, 0) is 16.0 Å². The zero-order valence-corrected chi connectivity index (χ0v) is 9.74. The van der Waals surface area contributed by atoms with Gasteiger partial charge >= 0.3 is 0 Å². The van der Waals surface area contributed by atoms with E-state index in [1.54, 1.807) is 0 Å². The van der Waals surface area contributed by atoms with Crippen molar-refractivity contribution < 1.29 is 9.53 Å². The van der Waals surface area contributed by atoms with Crippen LogP contribution < -0.4 is 0 Å². The highest BCUT2D eigenvalue weighted by molar-refractivity contribution is 5.87. The molecular weight excluding hydrogens is 200 g/mol. The molecule has 1 aliphatic carbocycles. The van der Waals surface area contributed by atoms with Crippen molar-refractivity contribution in [1.82, 2.24) is 0 Å². The molecule has 0 aliphatic heterocycles. The highest BCUT2D eigenvalue weighted by Crippen LogP contribution is 2.31. The molecule has 86 valence electrons. The molecule has 0 spiro atoms. The Morgan fingerprint density at radius 2 is 2.25 bits per heavy atom.